The molecule has 24 heavy (non-hydrogen) atoms. The number of urea groups is 1. The highest BCUT2D eigenvalue weighted by molar-refractivity contribution is 5.71. The van der Waals surface area contributed by atoms with Gasteiger partial charge in [0.05, 0.1) is 17.1 Å². The molecule has 1 atom stereocenters. The lowest BCUT2D eigenvalue weighted by Crippen LogP contribution is -2.37. The van der Waals surface area contributed by atoms with Gasteiger partial charge in [0.2, 0.25) is 0 Å². The van der Waals surface area contributed by atoms with Gasteiger partial charge in [0, 0.05) is 46.0 Å². The van der Waals surface area contributed by atoms with Crippen molar-refractivity contribution in [2.24, 2.45) is 12.8 Å². The van der Waals surface area contributed by atoms with Crippen LogP contribution in [0.4, 0.5) is 4.79 Å². The van der Waals surface area contributed by atoms with Crippen molar-refractivity contribution in [3.63, 3.8) is 0 Å². The summed E-state index contributed by atoms with van der Waals surface area (Å²) >= 11 is 0. The van der Waals surface area contributed by atoms with Crippen LogP contribution in [-0.4, -0.2) is 55.2 Å². The highest BCUT2D eigenvalue weighted by atomic mass is 16.3. The van der Waals surface area contributed by atoms with E-state index in [0.717, 1.165) is 38.3 Å². The topological polar surface area (TPSA) is 114 Å². The number of aromatic nitrogens is 4. The molecule has 0 saturated heterocycles. The van der Waals surface area contributed by atoms with Crippen LogP contribution in [-0.2, 0) is 20.1 Å². The van der Waals surface area contributed by atoms with Gasteiger partial charge in [-0.15, -0.1) is 0 Å². The van der Waals surface area contributed by atoms with Crippen LogP contribution in [0.25, 0.3) is 0 Å². The van der Waals surface area contributed by atoms with E-state index in [1.54, 1.807) is 24.0 Å². The van der Waals surface area contributed by atoms with Gasteiger partial charge in [0.1, 0.15) is 6.10 Å². The number of nitrogens with two attached hydrogens (primary N) is 1. The highest BCUT2D eigenvalue weighted by Gasteiger charge is 2.22. The molecular formula is C15H23N7O2. The van der Waals surface area contributed by atoms with Gasteiger partial charge in [-0.3, -0.25) is 14.3 Å². The molecule has 1 aliphatic heterocycles. The number of aliphatic hydroxyl groups is 1. The molecule has 0 radical (unpaired) electrons. The predicted molar refractivity (Wildman–Crippen MR) is 87.0 cm³/mol. The maximum atomic E-state index is 10.8. The third-order valence-corrected chi connectivity index (χ3v) is 4.26. The maximum Gasteiger partial charge on any atom is 0.312 e. The van der Waals surface area contributed by atoms with E-state index in [1.165, 1.54) is 0 Å². The zero-order valence-corrected chi connectivity index (χ0v) is 13.7. The zero-order chi connectivity index (χ0) is 17.1. The first-order valence-electron chi connectivity index (χ1n) is 8.03. The fourth-order valence-electron chi connectivity index (χ4n) is 3.02. The number of primary amides is 1. The Bertz CT molecular complexity index is 708. The Morgan fingerprint density at radius 2 is 2.33 bits per heavy atom. The summed E-state index contributed by atoms with van der Waals surface area (Å²) in [6, 6.07) is 3.23. The summed E-state index contributed by atoms with van der Waals surface area (Å²) in [6.45, 7) is 3.73. The molecule has 0 spiro atoms. The number of amides is 2. The van der Waals surface area contributed by atoms with Crippen molar-refractivity contribution in [1.82, 2.24) is 29.8 Å². The molecule has 0 bridgehead atoms. The fourth-order valence-corrected chi connectivity index (χ4v) is 3.02. The maximum absolute atomic E-state index is 10.8. The first kappa shape index (κ1) is 16.5. The first-order chi connectivity index (χ1) is 11.5. The average Bonchev–Trinajstić information content (AvgIpc) is 3.08. The van der Waals surface area contributed by atoms with E-state index < -0.39 is 12.1 Å². The molecule has 4 N–H and O–H groups in total. The van der Waals surface area contributed by atoms with E-state index in [0.29, 0.717) is 17.9 Å². The second kappa shape index (κ2) is 7.02. The van der Waals surface area contributed by atoms with Crippen LogP contribution < -0.4 is 11.1 Å². The molecule has 1 aliphatic rings. The number of nitrogens with zero attached hydrogens (tertiary/aromatic N) is 5. The Hall–Kier alpha value is -2.39. The van der Waals surface area contributed by atoms with E-state index in [1.807, 2.05) is 10.7 Å². The summed E-state index contributed by atoms with van der Waals surface area (Å²) in [5, 5.41) is 21.8. The Morgan fingerprint density at radius 1 is 1.50 bits per heavy atom. The number of hydrogen-bond donors (Lipinski definition) is 3. The molecule has 0 aliphatic carbocycles. The fraction of sp³-hybridized carbons (Fsp3) is 0.533. The molecule has 2 aromatic heterocycles. The quantitative estimate of drug-likeness (QED) is 0.687. The van der Waals surface area contributed by atoms with Crippen LogP contribution in [0.3, 0.4) is 0 Å². The summed E-state index contributed by atoms with van der Waals surface area (Å²) in [4.78, 5) is 13.0. The average molecular weight is 333 g/mol. The molecule has 9 heteroatoms. The lowest BCUT2D eigenvalue weighted by molar-refractivity contribution is 0.203. The Morgan fingerprint density at radius 3 is 3.04 bits per heavy atom. The summed E-state index contributed by atoms with van der Waals surface area (Å²) in [7, 11) is 1.80. The molecule has 2 aromatic rings. The van der Waals surface area contributed by atoms with Crippen LogP contribution in [0.1, 0.15) is 29.6 Å². The standard InChI is InChI=1S/C15H23N7O2/c1-20-13(3-4-18-20)14(23)12-9-11-10-21(8-5-17-15(16)24)6-2-7-22(11)19-12/h3-4,9,14,23H,2,5-8,10H2,1H3,(H3,16,17,24)/t14-/m1/s1. The monoisotopic (exact) mass is 333 g/mol. The zero-order valence-electron chi connectivity index (χ0n) is 13.7. The van der Waals surface area contributed by atoms with Crippen molar-refractivity contribution in [3.8, 4) is 0 Å². The Kier molecular flexibility index (Phi) is 4.81. The minimum absolute atomic E-state index is 0.503. The van der Waals surface area contributed by atoms with Gasteiger partial charge in [-0.05, 0) is 18.6 Å². The number of aliphatic hydroxyl groups excluding tert-OH is 1. The molecule has 0 fully saturated rings. The normalized spacial score (nSPS) is 16.4. The van der Waals surface area contributed by atoms with Crippen molar-refractivity contribution >= 4 is 6.03 Å². The number of nitrogens with one attached hydrogen (secondary N) is 1. The number of carbonyl (C=O) groups excluding carboxylic acids is 1. The van der Waals surface area contributed by atoms with E-state index in [9.17, 15) is 9.90 Å². The number of hydrogen-bond acceptors (Lipinski definition) is 5. The summed E-state index contributed by atoms with van der Waals surface area (Å²) < 4.78 is 3.60. The van der Waals surface area contributed by atoms with Gasteiger partial charge in [-0.25, -0.2) is 4.79 Å². The van der Waals surface area contributed by atoms with Crippen molar-refractivity contribution in [2.45, 2.75) is 25.6 Å². The predicted octanol–water partition coefficient (Wildman–Crippen LogP) is -0.428. The minimum atomic E-state index is -0.790. The van der Waals surface area contributed by atoms with E-state index >= 15 is 0 Å². The van der Waals surface area contributed by atoms with Gasteiger partial charge < -0.3 is 16.2 Å². The second-order valence-corrected chi connectivity index (χ2v) is 5.99. The summed E-state index contributed by atoms with van der Waals surface area (Å²) in [5.74, 6) is 0. The number of fused-ring (bicyclic) bond motifs is 1. The van der Waals surface area contributed by atoms with Gasteiger partial charge in [-0.1, -0.05) is 0 Å². The van der Waals surface area contributed by atoms with E-state index in [4.69, 9.17) is 5.73 Å². The largest absolute Gasteiger partial charge is 0.380 e. The van der Waals surface area contributed by atoms with Crippen molar-refractivity contribution < 1.29 is 9.90 Å². The number of rotatable bonds is 5. The van der Waals surface area contributed by atoms with Crippen molar-refractivity contribution in [2.75, 3.05) is 19.6 Å². The number of aryl methyl sites for hydroxylation is 2. The third-order valence-electron chi connectivity index (χ3n) is 4.26. The molecule has 9 nitrogen and oxygen atoms in total. The van der Waals surface area contributed by atoms with E-state index in [-0.39, 0.29) is 0 Å². The van der Waals surface area contributed by atoms with Gasteiger partial charge >= 0.3 is 6.03 Å². The highest BCUT2D eigenvalue weighted by Crippen LogP contribution is 2.23. The van der Waals surface area contributed by atoms with Gasteiger partial charge in [0.15, 0.2) is 0 Å². The lowest BCUT2D eigenvalue weighted by atomic mass is 10.2. The molecule has 3 heterocycles. The van der Waals surface area contributed by atoms with Gasteiger partial charge in [-0.2, -0.15) is 10.2 Å². The summed E-state index contributed by atoms with van der Waals surface area (Å²) in [6.07, 6.45) is 1.83. The molecule has 0 saturated carbocycles. The molecule has 3 rings (SSSR count). The van der Waals surface area contributed by atoms with Crippen LogP contribution in [0.15, 0.2) is 18.3 Å². The molecule has 130 valence electrons. The lowest BCUT2D eigenvalue weighted by Gasteiger charge is -2.19. The third kappa shape index (κ3) is 3.57. The Balaban J connectivity index is 1.70. The second-order valence-electron chi connectivity index (χ2n) is 5.99. The van der Waals surface area contributed by atoms with Crippen LogP contribution in [0.5, 0.6) is 0 Å². The SMILES string of the molecule is Cn1nccc1[C@H](O)c1cc2n(n1)CCCN(CCNC(N)=O)C2. The van der Waals surface area contributed by atoms with Crippen LogP contribution in [0, 0.1) is 0 Å². The smallest absolute Gasteiger partial charge is 0.312 e. The van der Waals surface area contributed by atoms with Crippen molar-refractivity contribution in [3.05, 3.63) is 35.4 Å². The molecule has 0 aromatic carbocycles. The molecular weight excluding hydrogens is 310 g/mol. The van der Waals surface area contributed by atoms with Crippen molar-refractivity contribution in [1.29, 1.82) is 0 Å². The van der Waals surface area contributed by atoms with Crippen LogP contribution >= 0.6 is 0 Å². The Labute approximate surface area is 140 Å². The van der Waals surface area contributed by atoms with E-state index in [2.05, 4.69) is 20.4 Å². The van der Waals surface area contributed by atoms with Crippen LogP contribution in [0.2, 0.25) is 0 Å². The van der Waals surface area contributed by atoms with Gasteiger partial charge in [0.25, 0.3) is 0 Å². The minimum Gasteiger partial charge on any atom is -0.380 e. The first-order valence-corrected chi connectivity index (χ1v) is 8.03. The number of carbonyl (C=O) groups is 1. The molecule has 0 unspecified atom stereocenters. The summed E-state index contributed by atoms with van der Waals surface area (Å²) in [5.41, 5.74) is 7.50. The molecule has 2 amide bonds.